The van der Waals surface area contributed by atoms with Gasteiger partial charge in [-0.1, -0.05) is 12.1 Å². The van der Waals surface area contributed by atoms with Crippen molar-refractivity contribution in [3.05, 3.63) is 47.4 Å². The van der Waals surface area contributed by atoms with E-state index in [1.54, 1.807) is 37.3 Å². The van der Waals surface area contributed by atoms with Crippen molar-refractivity contribution in [1.82, 2.24) is 9.91 Å². The van der Waals surface area contributed by atoms with Crippen molar-refractivity contribution in [3.63, 3.8) is 0 Å². The Morgan fingerprint density at radius 2 is 2.05 bits per heavy atom. The van der Waals surface area contributed by atoms with Gasteiger partial charge in [0.05, 0.1) is 0 Å². The summed E-state index contributed by atoms with van der Waals surface area (Å²) in [6, 6.07) is 6.24. The molecule has 0 spiro atoms. The lowest BCUT2D eigenvalue weighted by Crippen LogP contribution is -2.29. The zero-order valence-corrected chi connectivity index (χ0v) is 12.2. The molecule has 0 bridgehead atoms. The number of nitrogens with zero attached hydrogens (tertiary/aromatic N) is 4. The van der Waals surface area contributed by atoms with Gasteiger partial charge in [-0.25, -0.2) is 4.39 Å². The van der Waals surface area contributed by atoms with Crippen LogP contribution in [-0.2, 0) is 11.3 Å². The van der Waals surface area contributed by atoms with Crippen LogP contribution >= 0.6 is 0 Å². The highest BCUT2D eigenvalue weighted by atomic mass is 19.1. The van der Waals surface area contributed by atoms with Crippen molar-refractivity contribution in [2.45, 2.75) is 13.5 Å². The van der Waals surface area contributed by atoms with Gasteiger partial charge >= 0.3 is 0 Å². The van der Waals surface area contributed by atoms with Crippen LogP contribution in [0.15, 0.2) is 46.1 Å². The Bertz CT molecular complexity index is 525. The molecule has 1 aromatic carbocycles. The number of benzene rings is 1. The van der Waals surface area contributed by atoms with Crippen LogP contribution in [0.25, 0.3) is 0 Å². The molecule has 0 amide bonds. The first-order valence-corrected chi connectivity index (χ1v) is 6.36. The molecule has 112 valence electrons. The molecule has 21 heavy (non-hydrogen) atoms. The molecule has 0 radical (unpaired) electrons. The first kappa shape index (κ1) is 16.6. The second-order valence-electron chi connectivity index (χ2n) is 4.58. The zero-order chi connectivity index (χ0) is 15.7. The molecule has 0 aliphatic carbocycles. The molecule has 1 aromatic rings. The third-order valence-corrected chi connectivity index (χ3v) is 2.59. The molecule has 0 aromatic heterocycles. The van der Waals surface area contributed by atoms with Crippen molar-refractivity contribution in [3.8, 4) is 0 Å². The lowest BCUT2D eigenvalue weighted by molar-refractivity contribution is -0.104. The summed E-state index contributed by atoms with van der Waals surface area (Å²) in [5, 5.41) is 5.69. The van der Waals surface area contributed by atoms with E-state index in [1.807, 2.05) is 4.90 Å². The van der Waals surface area contributed by atoms with Gasteiger partial charge in [0.1, 0.15) is 25.1 Å². The summed E-state index contributed by atoms with van der Waals surface area (Å²) in [6.07, 6.45) is 3.86. The number of halogens is 1. The summed E-state index contributed by atoms with van der Waals surface area (Å²) in [5.41, 5.74) is 1.53. The van der Waals surface area contributed by atoms with Gasteiger partial charge in [-0.3, -0.25) is 14.8 Å². The Kier molecular flexibility index (Phi) is 6.80. The van der Waals surface area contributed by atoms with Gasteiger partial charge in [0.2, 0.25) is 0 Å². The van der Waals surface area contributed by atoms with E-state index >= 15 is 0 Å². The van der Waals surface area contributed by atoms with Crippen LogP contribution in [0, 0.1) is 5.82 Å². The smallest absolute Gasteiger partial charge is 0.147 e. The van der Waals surface area contributed by atoms with Gasteiger partial charge in [0, 0.05) is 25.4 Å². The van der Waals surface area contributed by atoms with Crippen molar-refractivity contribution in [2.75, 3.05) is 13.7 Å². The summed E-state index contributed by atoms with van der Waals surface area (Å²) in [7, 11) is 1.78. The van der Waals surface area contributed by atoms with Crippen LogP contribution in [0.2, 0.25) is 0 Å². The minimum atomic E-state index is -0.274. The van der Waals surface area contributed by atoms with Gasteiger partial charge in [-0.05, 0) is 31.3 Å². The molecule has 0 heterocycles. The number of aldehydes is 1. The van der Waals surface area contributed by atoms with Gasteiger partial charge < -0.3 is 4.90 Å². The van der Waals surface area contributed by atoms with Crippen LogP contribution in [0.3, 0.4) is 0 Å². The Hall–Kier alpha value is -2.50. The molecule has 0 saturated heterocycles. The predicted octanol–water partition coefficient (Wildman–Crippen LogP) is 2.26. The van der Waals surface area contributed by atoms with Gasteiger partial charge in [0.15, 0.2) is 0 Å². The lowest BCUT2D eigenvalue weighted by atomic mass is 10.2. The predicted molar refractivity (Wildman–Crippen MR) is 82.4 cm³/mol. The van der Waals surface area contributed by atoms with Crippen LogP contribution < -0.4 is 0 Å². The molecular formula is C15H19FN4O. The number of carbonyl (C=O) groups is 1. The molecule has 6 heteroatoms. The SMILES string of the molecule is C=N/C=N\N(C)CN(/C=C(/C)C=O)Cc1ccc(F)cc1. The maximum atomic E-state index is 12.9. The number of hydrogen-bond donors (Lipinski definition) is 0. The van der Waals surface area contributed by atoms with E-state index in [0.717, 1.165) is 11.8 Å². The highest BCUT2D eigenvalue weighted by Gasteiger charge is 2.05. The van der Waals surface area contributed by atoms with E-state index in [-0.39, 0.29) is 5.82 Å². The molecule has 0 aliphatic rings. The number of allylic oxidation sites excluding steroid dienone is 1. The number of rotatable bonds is 8. The quantitative estimate of drug-likeness (QED) is 0.184. The average molecular weight is 290 g/mol. The van der Waals surface area contributed by atoms with Gasteiger partial charge in [-0.15, -0.1) is 0 Å². The third-order valence-electron chi connectivity index (χ3n) is 2.59. The van der Waals surface area contributed by atoms with E-state index in [9.17, 15) is 9.18 Å². The van der Waals surface area contributed by atoms with E-state index in [1.165, 1.54) is 18.5 Å². The van der Waals surface area contributed by atoms with Crippen LogP contribution in [0.4, 0.5) is 4.39 Å². The fourth-order valence-electron chi connectivity index (χ4n) is 1.70. The standard InChI is InChI=1S/C15H19FN4O/c1-13(10-21)8-20(12-19(3)18-11-17-2)9-14-4-6-15(16)7-5-14/h4-8,10-11H,2,9,12H2,1,3H3/b13-8-,18-11-. The molecule has 5 nitrogen and oxygen atoms in total. The number of carbonyl (C=O) groups excluding carboxylic acids is 1. The zero-order valence-electron chi connectivity index (χ0n) is 12.2. The molecule has 0 N–H and O–H groups in total. The van der Waals surface area contributed by atoms with E-state index < -0.39 is 0 Å². The lowest BCUT2D eigenvalue weighted by Gasteiger charge is -2.25. The van der Waals surface area contributed by atoms with Crippen molar-refractivity contribution in [1.29, 1.82) is 0 Å². The summed E-state index contributed by atoms with van der Waals surface area (Å²) in [4.78, 5) is 16.2. The minimum absolute atomic E-state index is 0.274. The molecule has 0 saturated carbocycles. The van der Waals surface area contributed by atoms with Gasteiger partial charge in [0.25, 0.3) is 0 Å². The van der Waals surface area contributed by atoms with Crippen LogP contribution in [0.5, 0.6) is 0 Å². The van der Waals surface area contributed by atoms with E-state index in [2.05, 4.69) is 16.8 Å². The molecule has 1 rings (SSSR count). The maximum absolute atomic E-state index is 12.9. The summed E-state index contributed by atoms with van der Waals surface area (Å²) in [5.74, 6) is -0.274. The molecule has 0 unspecified atom stereocenters. The van der Waals surface area contributed by atoms with Crippen molar-refractivity contribution in [2.24, 2.45) is 10.1 Å². The van der Waals surface area contributed by atoms with E-state index in [0.29, 0.717) is 18.8 Å². The average Bonchev–Trinajstić information content (AvgIpc) is 2.47. The summed E-state index contributed by atoms with van der Waals surface area (Å²) < 4.78 is 12.9. The Morgan fingerprint density at radius 3 is 2.62 bits per heavy atom. The van der Waals surface area contributed by atoms with Crippen molar-refractivity contribution >= 4 is 19.3 Å². The van der Waals surface area contributed by atoms with Crippen molar-refractivity contribution < 1.29 is 9.18 Å². The Labute approximate surface area is 124 Å². The molecular weight excluding hydrogens is 271 g/mol. The molecule has 0 fully saturated rings. The molecule has 0 aliphatic heterocycles. The Balaban J connectivity index is 2.81. The van der Waals surface area contributed by atoms with Gasteiger partial charge in [-0.2, -0.15) is 5.10 Å². The van der Waals surface area contributed by atoms with E-state index in [4.69, 9.17) is 0 Å². The second-order valence-corrected chi connectivity index (χ2v) is 4.58. The third kappa shape index (κ3) is 6.47. The highest BCUT2D eigenvalue weighted by molar-refractivity contribution is 5.71. The Morgan fingerprint density at radius 1 is 1.38 bits per heavy atom. The minimum Gasteiger partial charge on any atom is -0.354 e. The summed E-state index contributed by atoms with van der Waals surface area (Å²) >= 11 is 0. The number of hydrazone groups is 1. The monoisotopic (exact) mass is 290 g/mol. The first-order valence-electron chi connectivity index (χ1n) is 6.36. The normalized spacial score (nSPS) is 11.5. The fraction of sp³-hybridized carbons (Fsp3) is 0.267. The largest absolute Gasteiger partial charge is 0.354 e. The maximum Gasteiger partial charge on any atom is 0.147 e. The number of aliphatic imine (C=N–C) groups is 1. The van der Waals surface area contributed by atoms with Crippen LogP contribution in [0.1, 0.15) is 12.5 Å². The van der Waals surface area contributed by atoms with Crippen LogP contribution in [-0.4, -0.2) is 43.0 Å². The molecule has 0 atom stereocenters. The second kappa shape index (κ2) is 8.63. The number of hydrogen-bond acceptors (Lipinski definition) is 4. The highest BCUT2D eigenvalue weighted by Crippen LogP contribution is 2.09. The first-order chi connectivity index (χ1) is 10.0. The topological polar surface area (TPSA) is 48.3 Å². The summed E-state index contributed by atoms with van der Waals surface area (Å²) in [6.45, 7) is 6.03. The fourth-order valence-corrected chi connectivity index (χ4v) is 1.70.